The lowest BCUT2D eigenvalue weighted by atomic mass is 10.1. The second-order valence-corrected chi connectivity index (χ2v) is 5.93. The second-order valence-electron chi connectivity index (χ2n) is 4.90. The smallest absolute Gasteiger partial charge is 0.187 e. The zero-order chi connectivity index (χ0) is 13.9. The van der Waals surface area contributed by atoms with E-state index >= 15 is 0 Å². The van der Waals surface area contributed by atoms with E-state index in [0.29, 0.717) is 0 Å². The van der Waals surface area contributed by atoms with Crippen LogP contribution in [0.2, 0.25) is 0 Å². The predicted molar refractivity (Wildman–Crippen MR) is 86.7 cm³/mol. The lowest BCUT2D eigenvalue weighted by Gasteiger charge is -2.05. The Labute approximate surface area is 123 Å². The molecule has 3 heteroatoms. The maximum atomic E-state index is 4.45. The molecule has 0 atom stereocenters. The average molecular weight is 280 g/mol. The van der Waals surface area contributed by atoms with E-state index in [4.69, 9.17) is 0 Å². The Hall–Kier alpha value is -2.13. The molecule has 0 aliphatic rings. The van der Waals surface area contributed by atoms with Crippen molar-refractivity contribution in [1.29, 1.82) is 0 Å². The van der Waals surface area contributed by atoms with E-state index in [0.717, 1.165) is 10.8 Å². The van der Waals surface area contributed by atoms with Crippen molar-refractivity contribution in [3.63, 3.8) is 0 Å². The van der Waals surface area contributed by atoms with Crippen LogP contribution in [0.4, 0.5) is 10.8 Å². The molecule has 100 valence electrons. The molecule has 1 N–H and O–H groups in total. The fraction of sp³-hybridized carbons (Fsp3) is 0.118. The molecule has 0 aliphatic heterocycles. The van der Waals surface area contributed by atoms with Gasteiger partial charge in [-0.1, -0.05) is 47.7 Å². The Bertz CT molecular complexity index is 697. The largest absolute Gasteiger partial charge is 0.332 e. The summed E-state index contributed by atoms with van der Waals surface area (Å²) in [6.07, 6.45) is 1.92. The van der Waals surface area contributed by atoms with Gasteiger partial charge in [-0.2, -0.15) is 0 Å². The molecular weight excluding hydrogens is 264 g/mol. The van der Waals surface area contributed by atoms with Gasteiger partial charge in [0.25, 0.3) is 0 Å². The Morgan fingerprint density at radius 1 is 0.950 bits per heavy atom. The molecule has 3 aromatic rings. The highest BCUT2D eigenvalue weighted by Gasteiger charge is 2.04. The summed E-state index contributed by atoms with van der Waals surface area (Å²) < 4.78 is 0. The van der Waals surface area contributed by atoms with E-state index in [1.54, 1.807) is 11.3 Å². The number of aryl methyl sites for hydroxylation is 2. The first kappa shape index (κ1) is 12.9. The summed E-state index contributed by atoms with van der Waals surface area (Å²) in [5.41, 5.74) is 4.81. The standard InChI is InChI=1S/C17H16N2S/c1-12-8-13(2)10-15(9-12)19-17-18-11-16(20-17)14-6-4-3-5-7-14/h3-11H,1-2H3,(H,18,19). The fourth-order valence-electron chi connectivity index (χ4n) is 2.24. The minimum Gasteiger partial charge on any atom is -0.332 e. The van der Waals surface area contributed by atoms with Crippen molar-refractivity contribution in [2.75, 3.05) is 5.32 Å². The zero-order valence-corrected chi connectivity index (χ0v) is 12.4. The maximum absolute atomic E-state index is 4.45. The molecule has 0 saturated heterocycles. The van der Waals surface area contributed by atoms with Crippen LogP contribution >= 0.6 is 11.3 Å². The molecule has 20 heavy (non-hydrogen) atoms. The van der Waals surface area contributed by atoms with E-state index in [1.807, 2.05) is 24.4 Å². The van der Waals surface area contributed by atoms with Crippen LogP contribution in [-0.4, -0.2) is 4.98 Å². The van der Waals surface area contributed by atoms with Crippen molar-refractivity contribution >= 4 is 22.2 Å². The van der Waals surface area contributed by atoms with Gasteiger partial charge >= 0.3 is 0 Å². The van der Waals surface area contributed by atoms with Gasteiger partial charge in [-0.25, -0.2) is 4.98 Å². The summed E-state index contributed by atoms with van der Waals surface area (Å²) in [6.45, 7) is 4.21. The highest BCUT2D eigenvalue weighted by molar-refractivity contribution is 7.18. The molecule has 0 amide bonds. The highest BCUT2D eigenvalue weighted by Crippen LogP contribution is 2.30. The molecule has 0 spiro atoms. The lowest BCUT2D eigenvalue weighted by molar-refractivity contribution is 1.35. The van der Waals surface area contributed by atoms with Crippen LogP contribution in [0.25, 0.3) is 10.4 Å². The van der Waals surface area contributed by atoms with Crippen LogP contribution in [0.15, 0.2) is 54.7 Å². The molecule has 0 fully saturated rings. The first-order valence-electron chi connectivity index (χ1n) is 6.57. The van der Waals surface area contributed by atoms with E-state index in [2.05, 4.69) is 54.5 Å². The molecule has 0 radical (unpaired) electrons. The lowest BCUT2D eigenvalue weighted by Crippen LogP contribution is -1.90. The zero-order valence-electron chi connectivity index (χ0n) is 11.6. The van der Waals surface area contributed by atoms with E-state index < -0.39 is 0 Å². The molecular formula is C17H16N2S. The molecule has 1 heterocycles. The summed E-state index contributed by atoms with van der Waals surface area (Å²) in [5.74, 6) is 0. The van der Waals surface area contributed by atoms with E-state index in [9.17, 15) is 0 Å². The normalized spacial score (nSPS) is 10.5. The van der Waals surface area contributed by atoms with Gasteiger partial charge < -0.3 is 5.32 Å². The third-order valence-electron chi connectivity index (χ3n) is 3.04. The number of benzene rings is 2. The van der Waals surface area contributed by atoms with Gasteiger partial charge in [-0.05, 0) is 42.7 Å². The second kappa shape index (κ2) is 5.47. The average Bonchev–Trinajstić information content (AvgIpc) is 2.87. The predicted octanol–water partition coefficient (Wildman–Crippen LogP) is 5.17. The molecule has 2 aromatic carbocycles. The first-order valence-corrected chi connectivity index (χ1v) is 7.39. The van der Waals surface area contributed by atoms with Crippen LogP contribution in [0.1, 0.15) is 11.1 Å². The topological polar surface area (TPSA) is 24.9 Å². The Balaban J connectivity index is 1.84. The fourth-order valence-corrected chi connectivity index (χ4v) is 3.08. The van der Waals surface area contributed by atoms with Gasteiger partial charge in [-0.3, -0.25) is 0 Å². The minimum absolute atomic E-state index is 0.925. The number of hydrogen-bond acceptors (Lipinski definition) is 3. The SMILES string of the molecule is Cc1cc(C)cc(Nc2ncc(-c3ccccc3)s2)c1. The Morgan fingerprint density at radius 2 is 1.65 bits per heavy atom. The van der Waals surface area contributed by atoms with Gasteiger partial charge in [0.05, 0.1) is 4.88 Å². The summed E-state index contributed by atoms with van der Waals surface area (Å²) in [5, 5.41) is 4.31. The third-order valence-corrected chi connectivity index (χ3v) is 4.00. The van der Waals surface area contributed by atoms with Gasteiger partial charge in [-0.15, -0.1) is 0 Å². The van der Waals surface area contributed by atoms with Crippen LogP contribution in [0.3, 0.4) is 0 Å². The number of thiazole rings is 1. The van der Waals surface area contributed by atoms with Crippen molar-refractivity contribution in [1.82, 2.24) is 4.98 Å². The summed E-state index contributed by atoms with van der Waals surface area (Å²) >= 11 is 1.67. The molecule has 0 bridgehead atoms. The molecule has 0 aliphatic carbocycles. The third kappa shape index (κ3) is 2.89. The van der Waals surface area contributed by atoms with Gasteiger partial charge in [0, 0.05) is 11.9 Å². The number of rotatable bonds is 3. The molecule has 2 nitrogen and oxygen atoms in total. The van der Waals surface area contributed by atoms with Crippen molar-refractivity contribution in [2.45, 2.75) is 13.8 Å². The molecule has 0 saturated carbocycles. The number of nitrogens with zero attached hydrogens (tertiary/aromatic N) is 1. The Kier molecular flexibility index (Phi) is 3.52. The number of aromatic nitrogens is 1. The summed E-state index contributed by atoms with van der Waals surface area (Å²) in [6, 6.07) is 16.8. The van der Waals surface area contributed by atoms with Crippen molar-refractivity contribution in [3.05, 3.63) is 65.9 Å². The van der Waals surface area contributed by atoms with Crippen LogP contribution < -0.4 is 5.32 Å². The minimum atomic E-state index is 0.925. The Morgan fingerprint density at radius 3 is 2.35 bits per heavy atom. The van der Waals surface area contributed by atoms with Gasteiger partial charge in [0.15, 0.2) is 5.13 Å². The van der Waals surface area contributed by atoms with Crippen LogP contribution in [-0.2, 0) is 0 Å². The van der Waals surface area contributed by atoms with Crippen LogP contribution in [0, 0.1) is 13.8 Å². The van der Waals surface area contributed by atoms with Gasteiger partial charge in [0.2, 0.25) is 0 Å². The quantitative estimate of drug-likeness (QED) is 0.716. The van der Waals surface area contributed by atoms with E-state index in [-0.39, 0.29) is 0 Å². The van der Waals surface area contributed by atoms with E-state index in [1.165, 1.54) is 21.6 Å². The van der Waals surface area contributed by atoms with Gasteiger partial charge in [0.1, 0.15) is 0 Å². The van der Waals surface area contributed by atoms with Crippen molar-refractivity contribution < 1.29 is 0 Å². The molecule has 1 aromatic heterocycles. The van der Waals surface area contributed by atoms with Crippen molar-refractivity contribution in [3.8, 4) is 10.4 Å². The monoisotopic (exact) mass is 280 g/mol. The molecule has 3 rings (SSSR count). The summed E-state index contributed by atoms with van der Waals surface area (Å²) in [4.78, 5) is 5.63. The van der Waals surface area contributed by atoms with Crippen molar-refractivity contribution in [2.24, 2.45) is 0 Å². The van der Waals surface area contributed by atoms with Crippen LogP contribution in [0.5, 0.6) is 0 Å². The molecule has 0 unspecified atom stereocenters. The highest BCUT2D eigenvalue weighted by atomic mass is 32.1. The number of anilines is 2. The number of hydrogen-bond donors (Lipinski definition) is 1. The first-order chi connectivity index (χ1) is 9.70. The maximum Gasteiger partial charge on any atom is 0.187 e. The summed E-state index contributed by atoms with van der Waals surface area (Å²) in [7, 11) is 0. The number of nitrogens with one attached hydrogen (secondary N) is 1.